The van der Waals surface area contributed by atoms with Crippen LogP contribution in [0.25, 0.3) is 0 Å². The minimum absolute atomic E-state index is 0.811. The highest BCUT2D eigenvalue weighted by Crippen LogP contribution is 2.49. The van der Waals surface area contributed by atoms with Gasteiger partial charge in [-0.1, -0.05) is 0 Å². The van der Waals surface area contributed by atoms with Gasteiger partial charge in [-0.3, -0.25) is 0 Å². The van der Waals surface area contributed by atoms with Gasteiger partial charge in [0.1, 0.15) is 0 Å². The third-order valence-electron chi connectivity index (χ3n) is 4.15. The summed E-state index contributed by atoms with van der Waals surface area (Å²) >= 11 is 2.09. The Morgan fingerprint density at radius 2 is 1.94 bits per heavy atom. The summed E-state index contributed by atoms with van der Waals surface area (Å²) in [4.78, 5) is 3.30. The van der Waals surface area contributed by atoms with E-state index in [1.54, 1.807) is 9.75 Å². The minimum Gasteiger partial charge on any atom is -0.313 e. The second kappa shape index (κ2) is 3.58. The Morgan fingerprint density at radius 3 is 2.69 bits per heavy atom. The molecule has 0 aromatic carbocycles. The van der Waals surface area contributed by atoms with Crippen molar-refractivity contribution in [2.24, 2.45) is 5.92 Å². The van der Waals surface area contributed by atoms with Crippen LogP contribution in [0.3, 0.4) is 0 Å². The molecule has 0 saturated heterocycles. The predicted octanol–water partition coefficient (Wildman–Crippen LogP) is 3.48. The molecule has 86 valence electrons. The smallest absolute Gasteiger partial charge is 0.0151 e. The summed E-state index contributed by atoms with van der Waals surface area (Å²) in [5.41, 5.74) is 0. The molecular weight excluding hydrogens is 214 g/mol. The second-order valence-electron chi connectivity index (χ2n) is 5.81. The zero-order valence-corrected chi connectivity index (χ0v) is 10.4. The Hall–Kier alpha value is -0.340. The van der Waals surface area contributed by atoms with Gasteiger partial charge in [-0.2, -0.15) is 0 Å². The van der Waals surface area contributed by atoms with Crippen LogP contribution in [-0.4, -0.2) is 12.6 Å². The van der Waals surface area contributed by atoms with Gasteiger partial charge in [0.05, 0.1) is 0 Å². The first kappa shape index (κ1) is 9.67. The summed E-state index contributed by atoms with van der Waals surface area (Å²) in [5, 5.41) is 3.73. The molecule has 16 heavy (non-hydrogen) atoms. The van der Waals surface area contributed by atoms with E-state index >= 15 is 0 Å². The first-order chi connectivity index (χ1) is 7.90. The van der Waals surface area contributed by atoms with Gasteiger partial charge in [0.25, 0.3) is 0 Å². The Balaban J connectivity index is 1.35. The van der Waals surface area contributed by atoms with Crippen molar-refractivity contribution in [3.63, 3.8) is 0 Å². The Kier molecular flexibility index (Phi) is 2.16. The zero-order chi connectivity index (χ0) is 10.5. The highest BCUT2D eigenvalue weighted by atomic mass is 32.1. The first-order valence-electron chi connectivity index (χ1n) is 6.73. The zero-order valence-electron chi connectivity index (χ0n) is 9.61. The summed E-state index contributed by atoms with van der Waals surface area (Å²) in [6.07, 6.45) is 7.20. The molecule has 0 spiro atoms. The van der Waals surface area contributed by atoms with Crippen LogP contribution in [0.15, 0.2) is 12.1 Å². The van der Waals surface area contributed by atoms with Gasteiger partial charge in [0, 0.05) is 21.7 Å². The fourth-order valence-corrected chi connectivity index (χ4v) is 3.89. The molecule has 0 aliphatic heterocycles. The van der Waals surface area contributed by atoms with E-state index in [2.05, 4.69) is 28.8 Å². The molecule has 2 unspecified atom stereocenters. The summed E-state index contributed by atoms with van der Waals surface area (Å²) in [5.74, 6) is 2.82. The molecule has 1 aromatic heterocycles. The maximum Gasteiger partial charge on any atom is 0.0151 e. The van der Waals surface area contributed by atoms with Crippen molar-refractivity contribution < 1.29 is 0 Å². The lowest BCUT2D eigenvalue weighted by Gasteiger charge is -2.00. The van der Waals surface area contributed by atoms with Gasteiger partial charge < -0.3 is 5.32 Å². The molecule has 1 aromatic rings. The number of hydrogen-bond donors (Lipinski definition) is 1. The Morgan fingerprint density at radius 1 is 1.12 bits per heavy atom. The largest absolute Gasteiger partial charge is 0.313 e. The summed E-state index contributed by atoms with van der Waals surface area (Å²) in [6, 6.07) is 5.58. The summed E-state index contributed by atoms with van der Waals surface area (Å²) < 4.78 is 0. The maximum absolute atomic E-state index is 3.73. The first-order valence-corrected chi connectivity index (χ1v) is 7.55. The fraction of sp³-hybridized carbons (Fsp3) is 0.714. The van der Waals surface area contributed by atoms with Gasteiger partial charge in [-0.15, -0.1) is 11.3 Å². The van der Waals surface area contributed by atoms with Gasteiger partial charge in [-0.25, -0.2) is 0 Å². The van der Waals surface area contributed by atoms with Crippen molar-refractivity contribution in [1.29, 1.82) is 0 Å². The number of nitrogens with one attached hydrogen (secondary N) is 1. The van der Waals surface area contributed by atoms with E-state index in [4.69, 9.17) is 0 Å². The molecular formula is C14H19NS. The third kappa shape index (κ3) is 1.93. The van der Waals surface area contributed by atoms with Crippen LogP contribution in [0.2, 0.25) is 0 Å². The molecule has 0 radical (unpaired) electrons. The molecule has 1 nitrogen and oxygen atoms in total. The van der Waals surface area contributed by atoms with Crippen LogP contribution in [0.5, 0.6) is 0 Å². The van der Waals surface area contributed by atoms with E-state index in [9.17, 15) is 0 Å². The average Bonchev–Trinajstić information content (AvgIpc) is 3.16. The molecule has 3 aliphatic carbocycles. The molecule has 4 rings (SSSR count). The number of thiophene rings is 1. The van der Waals surface area contributed by atoms with Crippen molar-refractivity contribution >= 4 is 11.3 Å². The molecule has 3 fully saturated rings. The topological polar surface area (TPSA) is 12.0 Å². The van der Waals surface area contributed by atoms with Gasteiger partial charge in [0.15, 0.2) is 0 Å². The lowest BCUT2D eigenvalue weighted by atomic mass is 10.3. The molecule has 0 amide bonds. The Bertz CT molecular complexity index is 389. The van der Waals surface area contributed by atoms with Gasteiger partial charge >= 0.3 is 0 Å². The van der Waals surface area contributed by atoms with Crippen LogP contribution < -0.4 is 5.32 Å². The highest BCUT2D eigenvalue weighted by molar-refractivity contribution is 7.12. The van der Waals surface area contributed by atoms with Crippen LogP contribution in [0.4, 0.5) is 0 Å². The van der Waals surface area contributed by atoms with E-state index in [-0.39, 0.29) is 0 Å². The van der Waals surface area contributed by atoms with E-state index in [1.807, 2.05) is 0 Å². The molecule has 0 bridgehead atoms. The minimum atomic E-state index is 0.811. The molecule has 2 heteroatoms. The van der Waals surface area contributed by atoms with Crippen LogP contribution in [-0.2, 0) is 0 Å². The lowest BCUT2D eigenvalue weighted by molar-refractivity contribution is 0.626. The van der Waals surface area contributed by atoms with E-state index in [0.29, 0.717) is 0 Å². The van der Waals surface area contributed by atoms with Crippen molar-refractivity contribution in [2.75, 3.05) is 6.54 Å². The normalized spacial score (nSPS) is 33.0. The lowest BCUT2D eigenvalue weighted by Crippen LogP contribution is -2.20. The molecule has 1 heterocycles. The van der Waals surface area contributed by atoms with Crippen LogP contribution in [0.1, 0.15) is 53.7 Å². The molecule has 3 saturated carbocycles. The highest BCUT2D eigenvalue weighted by Gasteiger charge is 2.40. The van der Waals surface area contributed by atoms with Gasteiger partial charge in [-0.05, 0) is 62.6 Å². The number of rotatable bonds is 5. The molecule has 1 N–H and O–H groups in total. The quantitative estimate of drug-likeness (QED) is 0.821. The summed E-state index contributed by atoms with van der Waals surface area (Å²) in [7, 11) is 0. The Labute approximate surface area is 101 Å². The monoisotopic (exact) mass is 233 g/mol. The van der Waals surface area contributed by atoms with Crippen molar-refractivity contribution in [1.82, 2.24) is 5.32 Å². The predicted molar refractivity (Wildman–Crippen MR) is 68.2 cm³/mol. The third-order valence-corrected chi connectivity index (χ3v) is 5.53. The van der Waals surface area contributed by atoms with Crippen molar-refractivity contribution in [3.8, 4) is 0 Å². The fourth-order valence-electron chi connectivity index (χ4n) is 2.53. The molecule has 2 atom stereocenters. The van der Waals surface area contributed by atoms with Crippen molar-refractivity contribution in [3.05, 3.63) is 21.9 Å². The second-order valence-corrected chi connectivity index (χ2v) is 6.96. The van der Waals surface area contributed by atoms with Crippen LogP contribution in [0, 0.1) is 5.92 Å². The van der Waals surface area contributed by atoms with Gasteiger partial charge in [0.2, 0.25) is 0 Å². The summed E-state index contributed by atoms with van der Waals surface area (Å²) in [6.45, 7) is 1.28. The van der Waals surface area contributed by atoms with Crippen LogP contribution >= 0.6 is 11.3 Å². The SMILES string of the molecule is c1cc(C2CC2NCC2CC2)sc1C1CC1. The van der Waals surface area contributed by atoms with Crippen molar-refractivity contribution in [2.45, 2.75) is 50.0 Å². The maximum atomic E-state index is 3.73. The number of hydrogen-bond acceptors (Lipinski definition) is 2. The standard InChI is InChI=1S/C14H19NS/c1-2-9(1)8-15-12-7-11(12)14-6-5-13(16-14)10-3-4-10/h5-6,9-12,15H,1-4,7-8H2. The van der Waals surface area contributed by atoms with E-state index in [1.165, 1.54) is 38.6 Å². The average molecular weight is 233 g/mol. The van der Waals surface area contributed by atoms with E-state index in [0.717, 1.165) is 23.8 Å². The van der Waals surface area contributed by atoms with E-state index < -0.39 is 0 Å². The molecule has 3 aliphatic rings.